The average Bonchev–Trinajstić information content (AvgIpc) is 2.48. The molecular weight excluding hydrogens is 224 g/mol. The van der Waals surface area contributed by atoms with Crippen LogP contribution in [0.25, 0.3) is 0 Å². The Morgan fingerprint density at radius 3 is 2.38 bits per heavy atom. The molecule has 0 aliphatic carbocycles. The van der Waals surface area contributed by atoms with Crippen molar-refractivity contribution in [3.05, 3.63) is 16.1 Å². The van der Waals surface area contributed by atoms with Crippen molar-refractivity contribution in [1.29, 1.82) is 0 Å². The molecule has 0 saturated carbocycles. The summed E-state index contributed by atoms with van der Waals surface area (Å²) in [5, 5.41) is 15.3. The normalized spacial score (nSPS) is 12.6. The average molecular weight is 242 g/mol. The first-order valence-electron chi connectivity index (χ1n) is 5.10. The minimum atomic E-state index is -0.992. The highest BCUT2D eigenvalue weighted by molar-refractivity contribution is 7.09. The lowest BCUT2D eigenvalue weighted by molar-refractivity contribution is -0.00301. The Morgan fingerprint density at radius 1 is 1.44 bits per heavy atom. The van der Waals surface area contributed by atoms with E-state index < -0.39 is 11.1 Å². The van der Waals surface area contributed by atoms with E-state index in [1.54, 1.807) is 33.1 Å². The van der Waals surface area contributed by atoms with Crippen molar-refractivity contribution >= 4 is 17.2 Å². The van der Waals surface area contributed by atoms with E-state index in [0.29, 0.717) is 5.69 Å². The second-order valence-electron chi connectivity index (χ2n) is 4.89. The van der Waals surface area contributed by atoms with Crippen LogP contribution in [0.3, 0.4) is 0 Å². The van der Waals surface area contributed by atoms with Gasteiger partial charge in [0.2, 0.25) is 0 Å². The van der Waals surface area contributed by atoms with Gasteiger partial charge in [0.1, 0.15) is 5.69 Å². The number of nitrogens with one attached hydrogen (secondary N) is 1. The molecule has 1 aromatic rings. The maximum Gasteiger partial charge on any atom is 0.271 e. The number of nitrogens with zero attached hydrogens (tertiary/aromatic N) is 1. The largest absolute Gasteiger partial charge is 0.388 e. The number of carbonyl (C=O) groups excluding carboxylic acids is 1. The summed E-state index contributed by atoms with van der Waals surface area (Å²) in [6.07, 6.45) is 0. The molecule has 2 N–H and O–H groups in total. The van der Waals surface area contributed by atoms with E-state index >= 15 is 0 Å². The van der Waals surface area contributed by atoms with Gasteiger partial charge in [0.25, 0.3) is 5.91 Å². The Morgan fingerprint density at radius 2 is 2.00 bits per heavy atom. The number of rotatable bonds is 3. The zero-order valence-electron chi connectivity index (χ0n) is 10.3. The van der Waals surface area contributed by atoms with Gasteiger partial charge in [-0.1, -0.05) is 0 Å². The third-order valence-electron chi connectivity index (χ3n) is 2.81. The van der Waals surface area contributed by atoms with Gasteiger partial charge in [-0.05, 0) is 34.6 Å². The fourth-order valence-corrected chi connectivity index (χ4v) is 1.56. The molecule has 0 bridgehead atoms. The van der Waals surface area contributed by atoms with E-state index in [4.69, 9.17) is 0 Å². The number of aryl methyl sites for hydroxylation is 1. The van der Waals surface area contributed by atoms with Gasteiger partial charge in [-0.2, -0.15) is 0 Å². The van der Waals surface area contributed by atoms with Gasteiger partial charge in [0.05, 0.1) is 16.1 Å². The molecule has 16 heavy (non-hydrogen) atoms. The molecule has 0 radical (unpaired) electrons. The van der Waals surface area contributed by atoms with Crippen molar-refractivity contribution in [2.75, 3.05) is 0 Å². The maximum absolute atomic E-state index is 11.8. The lowest BCUT2D eigenvalue weighted by atomic mass is 9.86. The summed E-state index contributed by atoms with van der Waals surface area (Å²) >= 11 is 1.43. The van der Waals surface area contributed by atoms with Gasteiger partial charge in [0.15, 0.2) is 0 Å². The Kier molecular flexibility index (Phi) is 3.40. The molecule has 5 heteroatoms. The molecule has 0 fully saturated rings. The Hall–Kier alpha value is -0.940. The second kappa shape index (κ2) is 4.14. The van der Waals surface area contributed by atoms with Crippen LogP contribution in [0.5, 0.6) is 0 Å². The molecule has 0 aromatic carbocycles. The lowest BCUT2D eigenvalue weighted by Gasteiger charge is -2.37. The Labute approximate surface area is 99.7 Å². The molecule has 90 valence electrons. The highest BCUT2D eigenvalue weighted by atomic mass is 32.1. The van der Waals surface area contributed by atoms with Crippen molar-refractivity contribution in [1.82, 2.24) is 10.3 Å². The molecule has 0 atom stereocenters. The standard InChI is InChI=1S/C11H18N2O2S/c1-7-12-8(6-16-7)9(14)13-10(2,3)11(4,5)15/h6,15H,1-5H3,(H,13,14). The molecule has 1 aromatic heterocycles. The van der Waals surface area contributed by atoms with Gasteiger partial charge in [-0.25, -0.2) is 4.98 Å². The number of aliphatic hydroxyl groups is 1. The first-order chi connectivity index (χ1) is 7.13. The number of thiazole rings is 1. The van der Waals surface area contributed by atoms with E-state index in [2.05, 4.69) is 10.3 Å². The molecule has 0 aliphatic heterocycles. The molecule has 0 aliphatic rings. The number of hydrogen-bond donors (Lipinski definition) is 2. The molecule has 1 amide bonds. The van der Waals surface area contributed by atoms with E-state index in [-0.39, 0.29) is 5.91 Å². The molecule has 0 unspecified atom stereocenters. The van der Waals surface area contributed by atoms with Gasteiger partial charge in [-0.15, -0.1) is 11.3 Å². The first-order valence-corrected chi connectivity index (χ1v) is 5.98. The van der Waals surface area contributed by atoms with Gasteiger partial charge >= 0.3 is 0 Å². The molecular formula is C11H18N2O2S. The zero-order chi connectivity index (χ0) is 12.6. The van der Waals surface area contributed by atoms with E-state index in [0.717, 1.165) is 5.01 Å². The summed E-state index contributed by atoms with van der Waals surface area (Å²) in [5.74, 6) is -0.253. The van der Waals surface area contributed by atoms with Crippen LogP contribution < -0.4 is 5.32 Å². The Bertz CT molecular complexity index is 391. The molecule has 1 rings (SSSR count). The lowest BCUT2D eigenvalue weighted by Crippen LogP contribution is -2.57. The van der Waals surface area contributed by atoms with Crippen molar-refractivity contribution in [2.24, 2.45) is 0 Å². The quantitative estimate of drug-likeness (QED) is 0.848. The molecule has 0 spiro atoms. The predicted octanol–water partition coefficient (Wildman–Crippen LogP) is 1.73. The Balaban J connectivity index is 2.79. The fourth-order valence-electron chi connectivity index (χ4n) is 0.969. The number of aromatic nitrogens is 1. The summed E-state index contributed by atoms with van der Waals surface area (Å²) in [7, 11) is 0. The maximum atomic E-state index is 11.8. The van der Waals surface area contributed by atoms with Crippen LogP contribution in [0.15, 0.2) is 5.38 Å². The minimum Gasteiger partial charge on any atom is -0.388 e. The highest BCUT2D eigenvalue weighted by Gasteiger charge is 2.36. The van der Waals surface area contributed by atoms with Crippen LogP contribution in [0.4, 0.5) is 0 Å². The van der Waals surface area contributed by atoms with Crippen molar-refractivity contribution in [3.63, 3.8) is 0 Å². The van der Waals surface area contributed by atoms with Crippen LogP contribution in [0, 0.1) is 6.92 Å². The van der Waals surface area contributed by atoms with Crippen LogP contribution in [-0.4, -0.2) is 27.1 Å². The van der Waals surface area contributed by atoms with Gasteiger partial charge in [-0.3, -0.25) is 4.79 Å². The minimum absolute atomic E-state index is 0.253. The second-order valence-corrected chi connectivity index (χ2v) is 5.95. The molecule has 0 saturated heterocycles. The van der Waals surface area contributed by atoms with Gasteiger partial charge < -0.3 is 10.4 Å². The number of carbonyl (C=O) groups is 1. The smallest absolute Gasteiger partial charge is 0.271 e. The van der Waals surface area contributed by atoms with Crippen molar-refractivity contribution in [2.45, 2.75) is 45.8 Å². The van der Waals surface area contributed by atoms with Crippen LogP contribution >= 0.6 is 11.3 Å². The SMILES string of the molecule is Cc1nc(C(=O)NC(C)(C)C(C)(C)O)cs1. The van der Waals surface area contributed by atoms with Gasteiger partial charge in [0, 0.05) is 5.38 Å². The third kappa shape index (κ3) is 2.80. The van der Waals surface area contributed by atoms with E-state index in [9.17, 15) is 9.90 Å². The van der Waals surface area contributed by atoms with Crippen LogP contribution in [0.2, 0.25) is 0 Å². The highest BCUT2D eigenvalue weighted by Crippen LogP contribution is 2.21. The third-order valence-corrected chi connectivity index (χ3v) is 3.58. The molecule has 1 heterocycles. The zero-order valence-corrected chi connectivity index (χ0v) is 11.1. The summed E-state index contributed by atoms with van der Waals surface area (Å²) in [5.41, 5.74) is -1.30. The first kappa shape index (κ1) is 13.1. The fraction of sp³-hybridized carbons (Fsp3) is 0.636. The summed E-state index contributed by atoms with van der Waals surface area (Å²) in [6, 6.07) is 0. The van der Waals surface area contributed by atoms with E-state index in [1.807, 2.05) is 6.92 Å². The topological polar surface area (TPSA) is 62.2 Å². The summed E-state index contributed by atoms with van der Waals surface area (Å²) in [4.78, 5) is 15.9. The summed E-state index contributed by atoms with van der Waals surface area (Å²) in [6.45, 7) is 8.75. The van der Waals surface area contributed by atoms with Crippen molar-refractivity contribution in [3.8, 4) is 0 Å². The monoisotopic (exact) mass is 242 g/mol. The van der Waals surface area contributed by atoms with Crippen LogP contribution in [-0.2, 0) is 0 Å². The number of amides is 1. The van der Waals surface area contributed by atoms with E-state index in [1.165, 1.54) is 11.3 Å². The van der Waals surface area contributed by atoms with Crippen molar-refractivity contribution < 1.29 is 9.90 Å². The number of hydrogen-bond acceptors (Lipinski definition) is 4. The molecule has 4 nitrogen and oxygen atoms in total. The predicted molar refractivity (Wildman–Crippen MR) is 64.7 cm³/mol. The summed E-state index contributed by atoms with van der Waals surface area (Å²) < 4.78 is 0. The van der Waals surface area contributed by atoms with Crippen LogP contribution in [0.1, 0.15) is 43.2 Å².